The van der Waals surface area contributed by atoms with Gasteiger partial charge in [0.2, 0.25) is 0 Å². The SMILES string of the molecule is CCc1nn(C)c(C(=O)OCc2ncnn2C)c1N. The van der Waals surface area contributed by atoms with Gasteiger partial charge in [0.05, 0.1) is 11.4 Å². The molecular weight excluding hydrogens is 248 g/mol. The van der Waals surface area contributed by atoms with Gasteiger partial charge in [-0.25, -0.2) is 9.78 Å². The summed E-state index contributed by atoms with van der Waals surface area (Å²) in [5, 5.41) is 8.06. The van der Waals surface area contributed by atoms with E-state index in [9.17, 15) is 4.79 Å². The predicted octanol–water partition coefficient (Wildman–Crippen LogP) is 0.0502. The van der Waals surface area contributed by atoms with Crippen molar-refractivity contribution >= 4 is 11.7 Å². The van der Waals surface area contributed by atoms with E-state index in [1.54, 1.807) is 14.1 Å². The molecular formula is C11H16N6O2. The van der Waals surface area contributed by atoms with Crippen molar-refractivity contribution in [2.24, 2.45) is 14.1 Å². The minimum absolute atomic E-state index is 0.0431. The van der Waals surface area contributed by atoms with E-state index in [1.807, 2.05) is 6.92 Å². The maximum atomic E-state index is 12.0. The molecule has 2 N–H and O–H groups in total. The van der Waals surface area contributed by atoms with E-state index >= 15 is 0 Å². The van der Waals surface area contributed by atoms with E-state index in [1.165, 1.54) is 15.7 Å². The molecule has 8 nitrogen and oxygen atoms in total. The smallest absolute Gasteiger partial charge is 0.359 e. The van der Waals surface area contributed by atoms with Crippen LogP contribution in [0.5, 0.6) is 0 Å². The van der Waals surface area contributed by atoms with Crippen LogP contribution in [-0.4, -0.2) is 30.5 Å². The third-order valence-corrected chi connectivity index (χ3v) is 2.83. The first kappa shape index (κ1) is 13.1. The molecule has 0 aromatic carbocycles. The molecule has 2 aromatic heterocycles. The van der Waals surface area contributed by atoms with Gasteiger partial charge in [-0.05, 0) is 6.42 Å². The number of anilines is 1. The summed E-state index contributed by atoms with van der Waals surface area (Å²) in [5.41, 5.74) is 7.20. The van der Waals surface area contributed by atoms with Gasteiger partial charge >= 0.3 is 5.97 Å². The molecule has 0 aliphatic carbocycles. The lowest BCUT2D eigenvalue weighted by molar-refractivity contribution is 0.0446. The molecule has 19 heavy (non-hydrogen) atoms. The summed E-state index contributed by atoms with van der Waals surface area (Å²) in [6.07, 6.45) is 2.06. The first-order valence-corrected chi connectivity index (χ1v) is 5.86. The second-order valence-corrected chi connectivity index (χ2v) is 4.06. The molecule has 0 amide bonds. The van der Waals surface area contributed by atoms with Crippen LogP contribution < -0.4 is 5.73 Å². The van der Waals surface area contributed by atoms with Crippen LogP contribution in [0.25, 0.3) is 0 Å². The zero-order valence-electron chi connectivity index (χ0n) is 11.1. The highest BCUT2D eigenvalue weighted by Gasteiger charge is 2.20. The van der Waals surface area contributed by atoms with Gasteiger partial charge in [0.15, 0.2) is 18.1 Å². The normalized spacial score (nSPS) is 10.7. The fraction of sp³-hybridized carbons (Fsp3) is 0.455. The Labute approximate surface area is 110 Å². The predicted molar refractivity (Wildman–Crippen MR) is 67.1 cm³/mol. The summed E-state index contributed by atoms with van der Waals surface area (Å²) < 4.78 is 8.15. The molecule has 0 saturated heterocycles. The molecule has 2 heterocycles. The average Bonchev–Trinajstić information content (AvgIpc) is 2.90. The lowest BCUT2D eigenvalue weighted by Crippen LogP contribution is -2.14. The van der Waals surface area contributed by atoms with Crippen molar-refractivity contribution < 1.29 is 9.53 Å². The minimum Gasteiger partial charge on any atom is -0.453 e. The quantitative estimate of drug-likeness (QED) is 0.783. The second kappa shape index (κ2) is 5.09. The van der Waals surface area contributed by atoms with Gasteiger partial charge in [0, 0.05) is 14.1 Å². The zero-order chi connectivity index (χ0) is 14.0. The Morgan fingerprint density at radius 2 is 2.16 bits per heavy atom. The Bertz CT molecular complexity index is 600. The number of nitrogens with two attached hydrogens (primary N) is 1. The van der Waals surface area contributed by atoms with Crippen molar-refractivity contribution in [3.63, 3.8) is 0 Å². The van der Waals surface area contributed by atoms with Crippen molar-refractivity contribution in [1.29, 1.82) is 0 Å². The first-order chi connectivity index (χ1) is 9.04. The summed E-state index contributed by atoms with van der Waals surface area (Å²) in [6, 6.07) is 0. The Hall–Kier alpha value is -2.38. The minimum atomic E-state index is -0.518. The van der Waals surface area contributed by atoms with Crippen molar-refractivity contribution in [2.45, 2.75) is 20.0 Å². The number of esters is 1. The van der Waals surface area contributed by atoms with Gasteiger partial charge in [-0.2, -0.15) is 10.2 Å². The summed E-state index contributed by atoms with van der Waals surface area (Å²) in [7, 11) is 3.39. The van der Waals surface area contributed by atoms with Crippen molar-refractivity contribution in [3.8, 4) is 0 Å². The number of ether oxygens (including phenoxy) is 1. The Morgan fingerprint density at radius 3 is 2.68 bits per heavy atom. The molecule has 0 atom stereocenters. The molecule has 0 unspecified atom stereocenters. The molecule has 2 aromatic rings. The summed E-state index contributed by atoms with van der Waals surface area (Å²) >= 11 is 0. The number of hydrogen-bond donors (Lipinski definition) is 1. The molecule has 8 heteroatoms. The number of nitrogens with zero attached hydrogens (tertiary/aromatic N) is 5. The van der Waals surface area contributed by atoms with E-state index in [0.717, 1.165) is 0 Å². The third kappa shape index (κ3) is 2.42. The number of aryl methyl sites for hydroxylation is 3. The second-order valence-electron chi connectivity index (χ2n) is 4.06. The maximum absolute atomic E-state index is 12.0. The fourth-order valence-corrected chi connectivity index (χ4v) is 1.75. The third-order valence-electron chi connectivity index (χ3n) is 2.83. The van der Waals surface area contributed by atoms with Crippen molar-refractivity contribution in [3.05, 3.63) is 23.5 Å². The number of carbonyl (C=O) groups excluding carboxylic acids is 1. The van der Waals surface area contributed by atoms with Gasteiger partial charge < -0.3 is 10.5 Å². The molecule has 0 radical (unpaired) electrons. The fourth-order valence-electron chi connectivity index (χ4n) is 1.75. The molecule has 0 saturated carbocycles. The highest BCUT2D eigenvalue weighted by atomic mass is 16.5. The van der Waals surface area contributed by atoms with Gasteiger partial charge in [-0.1, -0.05) is 6.92 Å². The highest BCUT2D eigenvalue weighted by Crippen LogP contribution is 2.18. The average molecular weight is 264 g/mol. The van der Waals surface area contributed by atoms with Crippen LogP contribution in [0.3, 0.4) is 0 Å². The number of rotatable bonds is 4. The van der Waals surface area contributed by atoms with E-state index in [4.69, 9.17) is 10.5 Å². The molecule has 0 aliphatic rings. The first-order valence-electron chi connectivity index (χ1n) is 5.86. The van der Waals surface area contributed by atoms with E-state index in [0.29, 0.717) is 23.6 Å². The van der Waals surface area contributed by atoms with E-state index in [-0.39, 0.29) is 12.3 Å². The van der Waals surface area contributed by atoms with E-state index < -0.39 is 5.97 Å². The van der Waals surface area contributed by atoms with Crippen LogP contribution in [0.15, 0.2) is 6.33 Å². The molecule has 0 spiro atoms. The standard InChI is InChI=1S/C11H16N6O2/c1-4-7-9(12)10(17(3)15-7)11(18)19-5-8-13-6-14-16(8)2/h6H,4-5,12H2,1-3H3. The van der Waals surface area contributed by atoms with Crippen LogP contribution in [0.4, 0.5) is 5.69 Å². The Morgan fingerprint density at radius 1 is 1.42 bits per heavy atom. The highest BCUT2D eigenvalue weighted by molar-refractivity contribution is 5.93. The molecule has 2 rings (SSSR count). The topological polar surface area (TPSA) is 101 Å². The molecule has 0 bridgehead atoms. The van der Waals surface area contributed by atoms with Crippen LogP contribution in [-0.2, 0) is 31.9 Å². The Balaban J connectivity index is 2.12. The van der Waals surface area contributed by atoms with Crippen molar-refractivity contribution in [2.75, 3.05) is 5.73 Å². The Kier molecular flexibility index (Phi) is 3.50. The number of carbonyl (C=O) groups is 1. The monoisotopic (exact) mass is 264 g/mol. The summed E-state index contributed by atoms with van der Waals surface area (Å²) in [4.78, 5) is 16.0. The van der Waals surface area contributed by atoms with Gasteiger partial charge in [-0.3, -0.25) is 9.36 Å². The number of hydrogen-bond acceptors (Lipinski definition) is 6. The lowest BCUT2D eigenvalue weighted by atomic mass is 10.2. The van der Waals surface area contributed by atoms with Crippen LogP contribution in [0.1, 0.15) is 28.9 Å². The number of nitrogen functional groups attached to an aromatic ring is 1. The number of aromatic nitrogens is 5. The van der Waals surface area contributed by atoms with Crippen LogP contribution >= 0.6 is 0 Å². The summed E-state index contributed by atoms with van der Waals surface area (Å²) in [5.74, 6) is 0.0417. The van der Waals surface area contributed by atoms with Crippen LogP contribution in [0, 0.1) is 0 Å². The molecule has 0 fully saturated rings. The maximum Gasteiger partial charge on any atom is 0.359 e. The zero-order valence-corrected chi connectivity index (χ0v) is 11.1. The van der Waals surface area contributed by atoms with Gasteiger partial charge in [0.25, 0.3) is 0 Å². The lowest BCUT2D eigenvalue weighted by Gasteiger charge is -2.05. The summed E-state index contributed by atoms with van der Waals surface area (Å²) in [6.45, 7) is 1.97. The molecule has 102 valence electrons. The largest absolute Gasteiger partial charge is 0.453 e. The van der Waals surface area contributed by atoms with Gasteiger partial charge in [-0.15, -0.1) is 0 Å². The molecule has 0 aliphatic heterocycles. The van der Waals surface area contributed by atoms with Crippen molar-refractivity contribution in [1.82, 2.24) is 24.5 Å². The van der Waals surface area contributed by atoms with Crippen LogP contribution in [0.2, 0.25) is 0 Å². The van der Waals surface area contributed by atoms with E-state index in [2.05, 4.69) is 15.2 Å². The van der Waals surface area contributed by atoms with Gasteiger partial charge in [0.1, 0.15) is 6.33 Å².